The van der Waals surface area contributed by atoms with E-state index in [1.807, 2.05) is 6.07 Å². The Hall–Kier alpha value is -2.44. The summed E-state index contributed by atoms with van der Waals surface area (Å²) in [5, 5.41) is 16.2. The van der Waals surface area contributed by atoms with Crippen molar-refractivity contribution in [1.29, 1.82) is 0 Å². The number of nitrogens with one attached hydrogen (secondary N) is 1. The molecule has 1 saturated heterocycles. The van der Waals surface area contributed by atoms with Gasteiger partial charge >= 0.3 is 0 Å². The van der Waals surface area contributed by atoms with Gasteiger partial charge in [-0.15, -0.1) is 24.8 Å². The second kappa shape index (κ2) is 10.4. The van der Waals surface area contributed by atoms with Crippen molar-refractivity contribution in [3.63, 3.8) is 0 Å². The molecule has 0 saturated carbocycles. The molecule has 0 amide bonds. The number of fused-ring (bicyclic) bond motifs is 1. The lowest BCUT2D eigenvalue weighted by molar-refractivity contribution is -0.0236. The quantitative estimate of drug-likeness (QED) is 0.410. The molecule has 13 heteroatoms. The number of hydrogen-bond acceptors (Lipinski definition) is 8. The molecular formula is C21H24Cl2FN7O2S. The van der Waals surface area contributed by atoms with E-state index in [1.54, 1.807) is 17.8 Å². The molecule has 3 aromatic heterocycles. The van der Waals surface area contributed by atoms with Gasteiger partial charge in [0.1, 0.15) is 22.7 Å². The fraction of sp³-hybridized carbons (Fsp3) is 0.381. The molecule has 4 heterocycles. The van der Waals surface area contributed by atoms with E-state index in [4.69, 9.17) is 0 Å². The highest BCUT2D eigenvalue weighted by Gasteiger charge is 2.34. The molecule has 1 fully saturated rings. The summed E-state index contributed by atoms with van der Waals surface area (Å²) in [6, 6.07) is 5.15. The number of aryl methyl sites for hydroxylation is 1. The van der Waals surface area contributed by atoms with Crippen molar-refractivity contribution >= 4 is 47.4 Å². The molecule has 34 heavy (non-hydrogen) atoms. The first-order valence-electron chi connectivity index (χ1n) is 10.3. The number of hydrogen-bond donors (Lipinski definition) is 2. The first-order valence-corrected chi connectivity index (χ1v) is 11.1. The van der Waals surface area contributed by atoms with Crippen LogP contribution in [0, 0.1) is 5.82 Å². The average Bonchev–Trinajstić information content (AvgIpc) is 3.41. The van der Waals surface area contributed by atoms with Crippen LogP contribution in [-0.4, -0.2) is 57.8 Å². The minimum Gasteiger partial charge on any atom is -0.389 e. The molecule has 0 radical (unpaired) electrons. The predicted octanol–water partition coefficient (Wildman–Crippen LogP) is 2.73. The van der Waals surface area contributed by atoms with Gasteiger partial charge in [-0.05, 0) is 30.4 Å². The van der Waals surface area contributed by atoms with Crippen LogP contribution in [0.15, 0.2) is 35.6 Å². The standard InChI is InChI=1S/C21H22FN7O2S.2ClH/c1-28-16(17-18(27-28)19(30)24-11-23-17)9-21(31)4-6-29(7-5-21)10-14-3-2-13(8-15(14)22)20-25-12-26-32-20;;/h2-3,8,11-12,31H,4-7,9-10H2,1H3,(H,23,24,30);2*1H. The number of likely N-dealkylation sites (tertiary alicyclic amines) is 1. The Morgan fingerprint density at radius 3 is 2.65 bits per heavy atom. The SMILES string of the molecule is Cl.Cl.Cn1nc2c(=O)[nH]cnc2c1CC1(O)CCN(Cc2ccc(-c3ncns3)cc2F)CC1. The van der Waals surface area contributed by atoms with Gasteiger partial charge in [0, 0.05) is 44.2 Å². The summed E-state index contributed by atoms with van der Waals surface area (Å²) in [6.07, 6.45) is 4.24. The van der Waals surface area contributed by atoms with Crippen LogP contribution in [0.25, 0.3) is 21.6 Å². The van der Waals surface area contributed by atoms with E-state index in [1.165, 1.54) is 30.3 Å². The van der Waals surface area contributed by atoms with Crippen molar-refractivity contribution in [2.24, 2.45) is 7.05 Å². The molecule has 0 spiro atoms. The zero-order valence-corrected chi connectivity index (χ0v) is 20.7. The summed E-state index contributed by atoms with van der Waals surface area (Å²) in [7, 11) is 1.75. The van der Waals surface area contributed by atoms with Gasteiger partial charge in [0.25, 0.3) is 5.56 Å². The van der Waals surface area contributed by atoms with E-state index in [9.17, 15) is 14.3 Å². The normalized spacial score (nSPS) is 15.6. The average molecular weight is 528 g/mol. The Balaban J connectivity index is 0.00000162. The molecule has 1 aromatic carbocycles. The van der Waals surface area contributed by atoms with Gasteiger partial charge in [0.2, 0.25) is 0 Å². The first kappa shape index (κ1) is 26.2. The fourth-order valence-corrected chi connectivity index (χ4v) is 4.74. The van der Waals surface area contributed by atoms with Crippen LogP contribution < -0.4 is 5.56 Å². The molecule has 182 valence electrons. The lowest BCUT2D eigenvalue weighted by Crippen LogP contribution is -2.45. The lowest BCUT2D eigenvalue weighted by atomic mass is 9.86. The highest BCUT2D eigenvalue weighted by molar-refractivity contribution is 7.09. The zero-order chi connectivity index (χ0) is 22.3. The number of halogens is 3. The van der Waals surface area contributed by atoms with Crippen LogP contribution in [-0.2, 0) is 20.0 Å². The van der Waals surface area contributed by atoms with E-state index in [-0.39, 0.29) is 41.7 Å². The smallest absolute Gasteiger partial charge is 0.279 e. The fourth-order valence-electron chi connectivity index (χ4n) is 4.22. The van der Waals surface area contributed by atoms with Gasteiger partial charge < -0.3 is 10.1 Å². The number of nitrogens with zero attached hydrogens (tertiary/aromatic N) is 6. The highest BCUT2D eigenvalue weighted by atomic mass is 35.5. The molecular weight excluding hydrogens is 504 g/mol. The van der Waals surface area contributed by atoms with Crippen molar-refractivity contribution in [3.8, 4) is 10.6 Å². The summed E-state index contributed by atoms with van der Waals surface area (Å²) in [5.74, 6) is -0.267. The maximum absolute atomic E-state index is 14.7. The van der Waals surface area contributed by atoms with Crippen LogP contribution in [0.2, 0.25) is 0 Å². The summed E-state index contributed by atoms with van der Waals surface area (Å²) < 4.78 is 20.2. The molecule has 0 atom stereocenters. The second-order valence-corrected chi connectivity index (χ2v) is 9.01. The molecule has 0 aliphatic carbocycles. The van der Waals surface area contributed by atoms with Gasteiger partial charge in [-0.2, -0.15) is 9.47 Å². The van der Waals surface area contributed by atoms with Gasteiger partial charge in [-0.3, -0.25) is 14.4 Å². The Morgan fingerprint density at radius 1 is 1.21 bits per heavy atom. The Morgan fingerprint density at radius 2 is 1.97 bits per heavy atom. The maximum atomic E-state index is 14.7. The summed E-state index contributed by atoms with van der Waals surface area (Å²) in [6.45, 7) is 1.75. The summed E-state index contributed by atoms with van der Waals surface area (Å²) in [5.41, 5.74) is 1.64. The number of benzene rings is 1. The molecule has 1 aliphatic rings. The summed E-state index contributed by atoms with van der Waals surface area (Å²) in [4.78, 5) is 25.0. The largest absolute Gasteiger partial charge is 0.389 e. The monoisotopic (exact) mass is 527 g/mol. The van der Waals surface area contributed by atoms with Crippen molar-refractivity contribution < 1.29 is 9.50 Å². The third-order valence-corrected chi connectivity index (χ3v) is 6.79. The minimum absolute atomic E-state index is 0. The molecule has 1 aliphatic heterocycles. The maximum Gasteiger partial charge on any atom is 0.279 e. The van der Waals surface area contributed by atoms with Gasteiger partial charge in [-0.25, -0.2) is 14.4 Å². The number of aliphatic hydroxyl groups is 1. The third-order valence-electron chi connectivity index (χ3n) is 6.08. The molecule has 9 nitrogen and oxygen atoms in total. The second-order valence-electron chi connectivity index (χ2n) is 8.23. The summed E-state index contributed by atoms with van der Waals surface area (Å²) >= 11 is 1.23. The van der Waals surface area contributed by atoms with Crippen LogP contribution >= 0.6 is 36.3 Å². The number of piperidine rings is 1. The number of aromatic amines is 1. The zero-order valence-electron chi connectivity index (χ0n) is 18.3. The highest BCUT2D eigenvalue weighted by Crippen LogP contribution is 2.30. The molecule has 2 N–H and O–H groups in total. The van der Waals surface area contributed by atoms with E-state index in [2.05, 4.69) is 29.3 Å². The van der Waals surface area contributed by atoms with Gasteiger partial charge in [-0.1, -0.05) is 12.1 Å². The number of rotatable bonds is 5. The lowest BCUT2D eigenvalue weighted by Gasteiger charge is -2.38. The third kappa shape index (κ3) is 5.13. The van der Waals surface area contributed by atoms with Crippen LogP contribution in [0.5, 0.6) is 0 Å². The Kier molecular flexibility index (Phi) is 8.04. The minimum atomic E-state index is -0.929. The molecule has 4 aromatic rings. The van der Waals surface area contributed by atoms with Crippen LogP contribution in [0.3, 0.4) is 0 Å². The first-order chi connectivity index (χ1) is 15.4. The van der Waals surface area contributed by atoms with E-state index >= 15 is 0 Å². The predicted molar refractivity (Wildman–Crippen MR) is 132 cm³/mol. The van der Waals surface area contributed by atoms with Crippen LogP contribution in [0.1, 0.15) is 24.1 Å². The van der Waals surface area contributed by atoms with Crippen molar-refractivity contribution in [2.45, 2.75) is 31.4 Å². The van der Waals surface area contributed by atoms with Crippen molar-refractivity contribution in [1.82, 2.24) is 34.0 Å². The molecule has 5 rings (SSSR count). The van der Waals surface area contributed by atoms with E-state index in [0.29, 0.717) is 55.0 Å². The van der Waals surface area contributed by atoms with Gasteiger partial charge in [0.05, 0.1) is 17.6 Å². The van der Waals surface area contributed by atoms with E-state index < -0.39 is 5.60 Å². The number of aromatic nitrogens is 6. The van der Waals surface area contributed by atoms with Crippen molar-refractivity contribution in [2.75, 3.05) is 13.1 Å². The Labute approximate surface area is 211 Å². The molecule has 0 unspecified atom stereocenters. The topological polar surface area (TPSA) is 113 Å². The van der Waals surface area contributed by atoms with Crippen molar-refractivity contribution in [3.05, 3.63) is 58.3 Å². The van der Waals surface area contributed by atoms with Gasteiger partial charge in [0.15, 0.2) is 5.52 Å². The molecule has 0 bridgehead atoms. The Bertz CT molecular complexity index is 1320. The van der Waals surface area contributed by atoms with E-state index in [0.717, 1.165) is 11.3 Å². The number of H-pyrrole nitrogens is 1. The van der Waals surface area contributed by atoms with Crippen LogP contribution in [0.4, 0.5) is 4.39 Å².